The monoisotopic (exact) mass is 254 g/mol. The normalized spacial score (nSPS) is 36.2. The molecule has 1 aliphatic carbocycles. The van der Waals surface area contributed by atoms with Crippen molar-refractivity contribution in [2.24, 2.45) is 5.92 Å². The second kappa shape index (κ2) is 3.72. The number of fused-ring (bicyclic) bond motifs is 1. The minimum atomic E-state index is -0.932. The van der Waals surface area contributed by atoms with Crippen molar-refractivity contribution in [3.63, 3.8) is 0 Å². The van der Waals surface area contributed by atoms with Crippen LogP contribution in [0.2, 0.25) is 0 Å². The Balaban J connectivity index is 1.94. The van der Waals surface area contributed by atoms with Gasteiger partial charge in [-0.1, -0.05) is 6.08 Å². The first-order valence-electron chi connectivity index (χ1n) is 5.58. The lowest BCUT2D eigenvalue weighted by atomic mass is 9.81. The third-order valence-electron chi connectivity index (χ3n) is 3.13. The Morgan fingerprint density at radius 3 is 2.72 bits per heavy atom. The van der Waals surface area contributed by atoms with Gasteiger partial charge in [0.1, 0.15) is 5.92 Å². The summed E-state index contributed by atoms with van der Waals surface area (Å²) in [5.41, 5.74) is 0.209. The van der Waals surface area contributed by atoms with Crippen LogP contribution in [0.3, 0.4) is 0 Å². The maximum atomic E-state index is 11.7. The predicted octanol–water partition coefficient (Wildman–Crippen LogP) is -0.0649. The van der Waals surface area contributed by atoms with Crippen molar-refractivity contribution in [1.82, 2.24) is 0 Å². The van der Waals surface area contributed by atoms with Gasteiger partial charge in [0.2, 0.25) is 0 Å². The summed E-state index contributed by atoms with van der Waals surface area (Å²) >= 11 is 0. The van der Waals surface area contributed by atoms with Gasteiger partial charge in [-0.05, 0) is 6.92 Å². The number of rotatable bonds is 2. The topological polar surface area (TPSA) is 88.1 Å². The average Bonchev–Trinajstić information content (AvgIpc) is 2.72. The van der Waals surface area contributed by atoms with E-state index in [1.165, 1.54) is 6.08 Å². The van der Waals surface area contributed by atoms with E-state index >= 15 is 0 Å². The maximum Gasteiger partial charge on any atom is 0.509 e. The summed E-state index contributed by atoms with van der Waals surface area (Å²) in [6.45, 7) is 1.89. The van der Waals surface area contributed by atoms with Gasteiger partial charge in [-0.3, -0.25) is 4.79 Å². The van der Waals surface area contributed by atoms with Crippen LogP contribution in [0.4, 0.5) is 4.79 Å². The Kier molecular flexibility index (Phi) is 2.29. The molecule has 0 amide bonds. The molecule has 2 bridgehead atoms. The molecule has 0 spiro atoms. The molecule has 0 aromatic carbocycles. The lowest BCUT2D eigenvalue weighted by Crippen LogP contribution is -2.56. The Bertz CT molecular complexity index is 466. The van der Waals surface area contributed by atoms with E-state index in [1.54, 1.807) is 6.92 Å². The lowest BCUT2D eigenvalue weighted by molar-refractivity contribution is -0.174. The van der Waals surface area contributed by atoms with Crippen molar-refractivity contribution in [3.8, 4) is 0 Å². The van der Waals surface area contributed by atoms with E-state index in [2.05, 4.69) is 0 Å². The van der Waals surface area contributed by atoms with E-state index in [4.69, 9.17) is 18.9 Å². The number of hydrogen-bond donors (Lipinski definition) is 0. The zero-order valence-corrected chi connectivity index (χ0v) is 9.45. The van der Waals surface area contributed by atoms with Gasteiger partial charge in [0.05, 0.1) is 12.2 Å². The molecule has 2 fully saturated rings. The molecule has 3 aliphatic heterocycles. The van der Waals surface area contributed by atoms with Crippen molar-refractivity contribution in [3.05, 3.63) is 11.6 Å². The van der Waals surface area contributed by atoms with Crippen molar-refractivity contribution in [1.29, 1.82) is 0 Å². The number of hydrogen-bond acceptors (Lipinski definition) is 7. The average molecular weight is 254 g/mol. The van der Waals surface area contributed by atoms with Crippen molar-refractivity contribution >= 4 is 18.1 Å². The number of carbonyl (C=O) groups excluding carboxylic acids is 3. The van der Waals surface area contributed by atoms with E-state index < -0.39 is 42.3 Å². The van der Waals surface area contributed by atoms with Gasteiger partial charge in [0, 0.05) is 0 Å². The van der Waals surface area contributed by atoms with Crippen LogP contribution >= 0.6 is 0 Å². The highest BCUT2D eigenvalue weighted by atomic mass is 16.8. The molecule has 0 saturated carbocycles. The maximum absolute atomic E-state index is 11.7. The Labute approximate surface area is 102 Å². The zero-order valence-electron chi connectivity index (χ0n) is 9.45. The molecule has 0 aromatic heterocycles. The van der Waals surface area contributed by atoms with Gasteiger partial charge < -0.3 is 18.9 Å². The van der Waals surface area contributed by atoms with E-state index in [-0.39, 0.29) is 12.2 Å². The Morgan fingerprint density at radius 1 is 1.28 bits per heavy atom. The second-order valence-corrected chi connectivity index (χ2v) is 4.14. The third-order valence-corrected chi connectivity index (χ3v) is 3.13. The highest BCUT2D eigenvalue weighted by molar-refractivity contribution is 5.94. The Hall–Kier alpha value is -2.05. The van der Waals surface area contributed by atoms with Crippen LogP contribution in [0.15, 0.2) is 11.6 Å². The molecule has 96 valence electrons. The SMILES string of the molecule is CCOC(=O)C1=C[C@H]2C(=O)O[C@@H]1[C@H]1OC(=O)O[C@H]12. The van der Waals surface area contributed by atoms with Crippen molar-refractivity contribution < 1.29 is 33.3 Å². The third kappa shape index (κ3) is 1.40. The van der Waals surface area contributed by atoms with Gasteiger partial charge in [-0.2, -0.15) is 0 Å². The molecule has 0 radical (unpaired) electrons. The molecule has 18 heavy (non-hydrogen) atoms. The predicted molar refractivity (Wildman–Crippen MR) is 53.2 cm³/mol. The highest BCUT2D eigenvalue weighted by Gasteiger charge is 2.59. The molecule has 2 saturated heterocycles. The van der Waals surface area contributed by atoms with Crippen LogP contribution in [-0.2, 0) is 28.5 Å². The van der Waals surface area contributed by atoms with Gasteiger partial charge in [-0.15, -0.1) is 0 Å². The minimum Gasteiger partial charge on any atom is -0.463 e. The first-order chi connectivity index (χ1) is 8.61. The summed E-state index contributed by atoms with van der Waals surface area (Å²) in [5, 5.41) is 0. The highest BCUT2D eigenvalue weighted by Crippen LogP contribution is 2.40. The van der Waals surface area contributed by atoms with Crippen LogP contribution in [0, 0.1) is 5.92 Å². The summed E-state index contributed by atoms with van der Waals surface area (Å²) in [7, 11) is 0. The van der Waals surface area contributed by atoms with Gasteiger partial charge in [0.15, 0.2) is 18.3 Å². The van der Waals surface area contributed by atoms with Crippen molar-refractivity contribution in [2.45, 2.75) is 25.2 Å². The molecule has 4 rings (SSSR count). The smallest absolute Gasteiger partial charge is 0.463 e. The fourth-order valence-corrected chi connectivity index (χ4v) is 2.39. The first-order valence-corrected chi connectivity index (χ1v) is 5.58. The molecule has 3 heterocycles. The molecular weight excluding hydrogens is 244 g/mol. The van der Waals surface area contributed by atoms with Crippen LogP contribution in [0.5, 0.6) is 0 Å². The van der Waals surface area contributed by atoms with Crippen molar-refractivity contribution in [2.75, 3.05) is 6.61 Å². The molecule has 0 aromatic rings. The molecular formula is C11H10O7. The van der Waals surface area contributed by atoms with E-state index in [0.29, 0.717) is 0 Å². The number of esters is 2. The molecule has 4 aliphatic rings. The largest absolute Gasteiger partial charge is 0.509 e. The Morgan fingerprint density at radius 2 is 2.00 bits per heavy atom. The van der Waals surface area contributed by atoms with E-state index in [1.807, 2.05) is 0 Å². The van der Waals surface area contributed by atoms with Gasteiger partial charge in [-0.25, -0.2) is 9.59 Å². The van der Waals surface area contributed by atoms with E-state index in [0.717, 1.165) is 0 Å². The molecule has 4 atom stereocenters. The van der Waals surface area contributed by atoms with Gasteiger partial charge in [0.25, 0.3) is 0 Å². The quantitative estimate of drug-likeness (QED) is 0.503. The molecule has 7 heteroatoms. The van der Waals surface area contributed by atoms with Crippen LogP contribution < -0.4 is 0 Å². The molecule has 0 unspecified atom stereocenters. The summed E-state index contributed by atoms with van der Waals surface area (Å²) in [6.07, 6.45) is -1.81. The van der Waals surface area contributed by atoms with Crippen LogP contribution in [-0.4, -0.2) is 43.0 Å². The number of carbonyl (C=O) groups is 3. The standard InChI is InChI=1S/C11H10O7/c1-2-15-9(12)4-3-5-7-8(18-11(14)17-7)6(4)16-10(5)13/h3,5-8H,2H2,1H3/t5-,6+,7+,8-/m1/s1. The summed E-state index contributed by atoms with van der Waals surface area (Å²) in [5.74, 6) is -1.89. The lowest BCUT2D eigenvalue weighted by Gasteiger charge is -2.38. The summed E-state index contributed by atoms with van der Waals surface area (Å²) in [4.78, 5) is 34.4. The first kappa shape index (κ1) is 11.1. The fourth-order valence-electron chi connectivity index (χ4n) is 2.39. The fraction of sp³-hybridized carbons (Fsp3) is 0.545. The summed E-state index contributed by atoms with van der Waals surface area (Å²) in [6, 6.07) is 0. The summed E-state index contributed by atoms with van der Waals surface area (Å²) < 4.78 is 19.7. The molecule has 7 nitrogen and oxygen atoms in total. The van der Waals surface area contributed by atoms with Crippen LogP contribution in [0.25, 0.3) is 0 Å². The van der Waals surface area contributed by atoms with Gasteiger partial charge >= 0.3 is 18.1 Å². The minimum absolute atomic E-state index is 0.209. The second-order valence-electron chi connectivity index (χ2n) is 4.14. The van der Waals surface area contributed by atoms with Crippen LogP contribution in [0.1, 0.15) is 6.92 Å². The number of ether oxygens (including phenoxy) is 4. The van der Waals surface area contributed by atoms with E-state index in [9.17, 15) is 14.4 Å². The zero-order chi connectivity index (χ0) is 12.9. The molecule has 0 N–H and O–H groups in total.